The normalized spacial score (nSPS) is 10.2. The molecule has 0 spiro atoms. The van der Waals surface area contributed by atoms with Gasteiger partial charge in [0.15, 0.2) is 0 Å². The third-order valence-electron chi connectivity index (χ3n) is 3.68. The van der Waals surface area contributed by atoms with E-state index in [-0.39, 0.29) is 18.6 Å². The lowest BCUT2D eigenvalue weighted by atomic mass is 10.0. The maximum atomic E-state index is 12.7. The van der Waals surface area contributed by atoms with E-state index in [1.807, 2.05) is 37.1 Å². The lowest BCUT2D eigenvalue weighted by Crippen LogP contribution is -2.36. The molecule has 3 heteroatoms. The SMILES string of the molecule is CCC(CC)N(C)C(=O)c1cc(C)ccc1C#CCCO. The lowest BCUT2D eigenvalue weighted by Gasteiger charge is -2.27. The molecule has 0 bridgehead atoms. The zero-order valence-corrected chi connectivity index (χ0v) is 13.4. The fourth-order valence-corrected chi connectivity index (χ4v) is 2.35. The number of aliphatic hydroxyl groups is 1. The van der Waals surface area contributed by atoms with Gasteiger partial charge in [-0.25, -0.2) is 0 Å². The highest BCUT2D eigenvalue weighted by Gasteiger charge is 2.20. The molecule has 1 N–H and O–H groups in total. The minimum atomic E-state index is 0.0145. The summed E-state index contributed by atoms with van der Waals surface area (Å²) < 4.78 is 0. The molecule has 1 rings (SSSR count). The Hall–Kier alpha value is -1.79. The van der Waals surface area contributed by atoms with Crippen molar-refractivity contribution in [2.45, 2.75) is 46.1 Å². The summed E-state index contributed by atoms with van der Waals surface area (Å²) in [6, 6.07) is 5.98. The van der Waals surface area contributed by atoms with Crippen LogP contribution in [-0.4, -0.2) is 35.6 Å². The number of aryl methyl sites for hydroxylation is 1. The van der Waals surface area contributed by atoms with Gasteiger partial charge >= 0.3 is 0 Å². The van der Waals surface area contributed by atoms with E-state index in [0.29, 0.717) is 12.0 Å². The van der Waals surface area contributed by atoms with Crippen LogP contribution < -0.4 is 0 Å². The molecule has 0 aliphatic rings. The summed E-state index contributed by atoms with van der Waals surface area (Å²) in [5, 5.41) is 8.81. The van der Waals surface area contributed by atoms with Gasteiger partial charge in [-0.15, -0.1) is 0 Å². The highest BCUT2D eigenvalue weighted by molar-refractivity contribution is 5.97. The van der Waals surface area contributed by atoms with E-state index in [1.54, 1.807) is 0 Å². The van der Waals surface area contributed by atoms with E-state index in [1.165, 1.54) is 0 Å². The number of nitrogens with zero attached hydrogens (tertiary/aromatic N) is 1. The monoisotopic (exact) mass is 287 g/mol. The van der Waals surface area contributed by atoms with Crippen LogP contribution in [0.5, 0.6) is 0 Å². The van der Waals surface area contributed by atoms with E-state index < -0.39 is 0 Å². The van der Waals surface area contributed by atoms with Crippen molar-refractivity contribution >= 4 is 5.91 Å². The van der Waals surface area contributed by atoms with Gasteiger partial charge in [-0.2, -0.15) is 0 Å². The fourth-order valence-electron chi connectivity index (χ4n) is 2.35. The predicted octanol–water partition coefficient (Wildman–Crippen LogP) is 2.99. The van der Waals surface area contributed by atoms with E-state index in [4.69, 9.17) is 5.11 Å². The molecule has 3 nitrogen and oxygen atoms in total. The molecule has 0 aromatic heterocycles. The highest BCUT2D eigenvalue weighted by atomic mass is 16.2. The molecule has 0 unspecified atom stereocenters. The molecule has 0 heterocycles. The first-order valence-electron chi connectivity index (χ1n) is 7.52. The Morgan fingerprint density at radius 2 is 2.00 bits per heavy atom. The van der Waals surface area contributed by atoms with E-state index in [9.17, 15) is 4.79 Å². The fraction of sp³-hybridized carbons (Fsp3) is 0.500. The summed E-state index contributed by atoms with van der Waals surface area (Å²) in [5.74, 6) is 5.90. The Morgan fingerprint density at radius 3 is 2.57 bits per heavy atom. The Kier molecular flexibility index (Phi) is 6.98. The summed E-state index contributed by atoms with van der Waals surface area (Å²) in [6.45, 7) is 6.20. The van der Waals surface area contributed by atoms with Gasteiger partial charge in [-0.05, 0) is 31.9 Å². The molecule has 0 aliphatic heterocycles. The van der Waals surface area contributed by atoms with Gasteiger partial charge in [0.25, 0.3) is 5.91 Å². The number of amides is 1. The van der Waals surface area contributed by atoms with Crippen molar-refractivity contribution in [1.29, 1.82) is 0 Å². The smallest absolute Gasteiger partial charge is 0.255 e. The highest BCUT2D eigenvalue weighted by Crippen LogP contribution is 2.16. The largest absolute Gasteiger partial charge is 0.395 e. The zero-order chi connectivity index (χ0) is 15.8. The summed E-state index contributed by atoms with van der Waals surface area (Å²) in [7, 11) is 1.85. The van der Waals surface area contributed by atoms with Crippen molar-refractivity contribution in [1.82, 2.24) is 4.90 Å². The molecule has 1 aromatic rings. The number of aliphatic hydroxyl groups excluding tert-OH is 1. The maximum absolute atomic E-state index is 12.7. The van der Waals surface area contributed by atoms with Crippen molar-refractivity contribution in [2.75, 3.05) is 13.7 Å². The van der Waals surface area contributed by atoms with Gasteiger partial charge in [-0.1, -0.05) is 37.3 Å². The molecule has 0 fully saturated rings. The first-order valence-corrected chi connectivity index (χ1v) is 7.52. The molecule has 114 valence electrons. The molecule has 0 saturated heterocycles. The minimum Gasteiger partial charge on any atom is -0.395 e. The van der Waals surface area contributed by atoms with Gasteiger partial charge in [0.05, 0.1) is 12.2 Å². The van der Waals surface area contributed by atoms with Crippen LogP contribution in [0.2, 0.25) is 0 Å². The van der Waals surface area contributed by atoms with Crippen LogP contribution in [0.3, 0.4) is 0 Å². The van der Waals surface area contributed by atoms with Gasteiger partial charge in [0.1, 0.15) is 0 Å². The first-order chi connectivity index (χ1) is 10.0. The third-order valence-corrected chi connectivity index (χ3v) is 3.68. The van der Waals surface area contributed by atoms with Gasteiger partial charge < -0.3 is 10.0 Å². The quantitative estimate of drug-likeness (QED) is 0.846. The number of hydrogen-bond acceptors (Lipinski definition) is 2. The van der Waals surface area contributed by atoms with Gasteiger partial charge in [-0.3, -0.25) is 4.79 Å². The molecule has 1 amide bonds. The van der Waals surface area contributed by atoms with Gasteiger partial charge in [0, 0.05) is 25.1 Å². The second kappa shape index (κ2) is 8.49. The van der Waals surface area contributed by atoms with Crippen molar-refractivity contribution in [3.05, 3.63) is 34.9 Å². The number of rotatable bonds is 5. The lowest BCUT2D eigenvalue weighted by molar-refractivity contribution is 0.0723. The second-order valence-electron chi connectivity index (χ2n) is 5.21. The molecule has 0 radical (unpaired) electrons. The molecular formula is C18H25NO2. The predicted molar refractivity (Wildman–Crippen MR) is 86.2 cm³/mol. The number of carbonyl (C=O) groups is 1. The molecular weight excluding hydrogens is 262 g/mol. The van der Waals surface area contributed by atoms with Gasteiger partial charge in [0.2, 0.25) is 0 Å². The van der Waals surface area contributed by atoms with Crippen molar-refractivity contribution in [3.63, 3.8) is 0 Å². The van der Waals surface area contributed by atoms with E-state index in [0.717, 1.165) is 24.0 Å². The molecule has 1 aromatic carbocycles. The van der Waals surface area contributed by atoms with Crippen LogP contribution in [0, 0.1) is 18.8 Å². The van der Waals surface area contributed by atoms with Crippen LogP contribution in [0.15, 0.2) is 18.2 Å². The summed E-state index contributed by atoms with van der Waals surface area (Å²) in [6.07, 6.45) is 2.30. The van der Waals surface area contributed by atoms with Crippen molar-refractivity contribution in [2.24, 2.45) is 0 Å². The van der Waals surface area contributed by atoms with Crippen molar-refractivity contribution in [3.8, 4) is 11.8 Å². The van der Waals surface area contributed by atoms with Crippen LogP contribution >= 0.6 is 0 Å². The third kappa shape index (κ3) is 4.61. The summed E-state index contributed by atoms with van der Waals surface area (Å²) in [5.41, 5.74) is 2.43. The Morgan fingerprint density at radius 1 is 1.33 bits per heavy atom. The minimum absolute atomic E-state index is 0.0145. The molecule has 0 aliphatic carbocycles. The van der Waals surface area contributed by atoms with Crippen LogP contribution in [0.1, 0.15) is 54.6 Å². The number of benzene rings is 1. The average molecular weight is 287 g/mol. The Labute approximate surface area is 128 Å². The van der Waals surface area contributed by atoms with E-state index >= 15 is 0 Å². The van der Waals surface area contributed by atoms with Crippen LogP contribution in [-0.2, 0) is 0 Å². The summed E-state index contributed by atoms with van der Waals surface area (Å²) in [4.78, 5) is 14.5. The van der Waals surface area contributed by atoms with Crippen LogP contribution in [0.4, 0.5) is 0 Å². The molecule has 21 heavy (non-hydrogen) atoms. The Balaban J connectivity index is 3.13. The average Bonchev–Trinajstić information content (AvgIpc) is 2.49. The Bertz CT molecular complexity index is 536. The van der Waals surface area contributed by atoms with E-state index in [2.05, 4.69) is 25.7 Å². The molecule has 0 saturated carbocycles. The topological polar surface area (TPSA) is 40.5 Å². The first kappa shape index (κ1) is 17.3. The molecule has 0 atom stereocenters. The number of carbonyl (C=O) groups excluding carboxylic acids is 1. The van der Waals surface area contributed by atoms with Crippen LogP contribution in [0.25, 0.3) is 0 Å². The summed E-state index contributed by atoms with van der Waals surface area (Å²) >= 11 is 0. The second-order valence-corrected chi connectivity index (χ2v) is 5.21. The zero-order valence-electron chi connectivity index (χ0n) is 13.4. The maximum Gasteiger partial charge on any atom is 0.255 e. The standard InChI is InChI=1S/C18H25NO2/c1-5-16(6-2)19(4)18(21)17-13-14(3)10-11-15(17)9-7-8-12-20/h10-11,13,16,20H,5-6,8,12H2,1-4H3. The number of hydrogen-bond donors (Lipinski definition) is 1. The van der Waals surface area contributed by atoms with Crippen molar-refractivity contribution < 1.29 is 9.90 Å².